The van der Waals surface area contributed by atoms with E-state index in [1.165, 1.54) is 6.42 Å². The van der Waals surface area contributed by atoms with Crippen LogP contribution in [-0.4, -0.2) is 33.2 Å². The number of tetrazole rings is 1. The minimum atomic E-state index is -0.493. The largest absolute Gasteiger partial charge is 0.387 e. The van der Waals surface area contributed by atoms with E-state index in [0.717, 1.165) is 37.2 Å². The second kappa shape index (κ2) is 8.49. The first-order valence-electron chi connectivity index (χ1n) is 10.4. The normalized spacial score (nSPS) is 22.3. The summed E-state index contributed by atoms with van der Waals surface area (Å²) in [7, 11) is 1.81. The lowest BCUT2D eigenvalue weighted by molar-refractivity contribution is 0.0844. The molecule has 1 fully saturated rings. The lowest BCUT2D eigenvalue weighted by Crippen LogP contribution is -2.55. The number of nitrogens with one attached hydrogen (secondary N) is 3. The number of para-hydroxylation sites is 1. The summed E-state index contributed by atoms with van der Waals surface area (Å²) in [4.78, 5) is 12.9. The van der Waals surface area contributed by atoms with E-state index in [1.807, 2.05) is 36.0 Å². The highest BCUT2D eigenvalue weighted by Crippen LogP contribution is 2.40. The van der Waals surface area contributed by atoms with Crippen LogP contribution in [0.4, 0.5) is 5.69 Å². The first kappa shape index (κ1) is 21.2. The van der Waals surface area contributed by atoms with Crippen LogP contribution in [0.3, 0.4) is 0 Å². The van der Waals surface area contributed by atoms with Gasteiger partial charge >= 0.3 is 0 Å². The third-order valence-corrected chi connectivity index (χ3v) is 5.93. The van der Waals surface area contributed by atoms with Gasteiger partial charge in [-0.3, -0.25) is 10.2 Å². The van der Waals surface area contributed by atoms with Crippen molar-refractivity contribution in [3.63, 3.8) is 0 Å². The molecule has 8 heteroatoms. The second-order valence-electron chi connectivity index (χ2n) is 8.89. The Balaban J connectivity index is 1.88. The van der Waals surface area contributed by atoms with E-state index in [0.29, 0.717) is 11.5 Å². The van der Waals surface area contributed by atoms with E-state index in [4.69, 9.17) is 0 Å². The van der Waals surface area contributed by atoms with E-state index in [9.17, 15) is 4.79 Å². The lowest BCUT2D eigenvalue weighted by Gasteiger charge is -2.40. The van der Waals surface area contributed by atoms with Crippen molar-refractivity contribution >= 4 is 11.6 Å². The molecule has 1 aromatic heterocycles. The molecule has 0 spiro atoms. The van der Waals surface area contributed by atoms with Gasteiger partial charge in [-0.1, -0.05) is 25.5 Å². The first-order chi connectivity index (χ1) is 13.8. The molecule has 1 heterocycles. The lowest BCUT2D eigenvalue weighted by atomic mass is 9.75. The third-order valence-electron chi connectivity index (χ3n) is 5.93. The van der Waals surface area contributed by atoms with Crippen LogP contribution in [0.1, 0.15) is 76.0 Å². The van der Waals surface area contributed by atoms with Crippen LogP contribution >= 0.6 is 0 Å². The van der Waals surface area contributed by atoms with Gasteiger partial charge in [0.25, 0.3) is 5.91 Å². The molecule has 1 saturated carbocycles. The number of rotatable bonds is 6. The van der Waals surface area contributed by atoms with Gasteiger partial charge in [0, 0.05) is 12.7 Å². The average Bonchev–Trinajstić information content (AvgIpc) is 3.23. The summed E-state index contributed by atoms with van der Waals surface area (Å²) in [6.07, 6.45) is 5.06. The van der Waals surface area contributed by atoms with E-state index in [-0.39, 0.29) is 11.4 Å². The molecule has 29 heavy (non-hydrogen) atoms. The monoisotopic (exact) mass is 399 g/mol. The molecule has 0 unspecified atom stereocenters. The summed E-state index contributed by atoms with van der Waals surface area (Å²) in [5.74, 6) is 1.30. The number of amides is 1. The standard InChI is InChI=1S/C21H33N7O/c1-6-15-11-13-21(14-12-15,19-24-26-27-28(19)20(2,3)4)25-23-18(29)16-9-7-8-10-17(16)22-5/h7-10,15,22,25H,6,11-14H2,1-5H3,(H,23,29). The maximum atomic E-state index is 12.9. The maximum absolute atomic E-state index is 12.9. The Morgan fingerprint density at radius 2 is 1.93 bits per heavy atom. The zero-order valence-electron chi connectivity index (χ0n) is 18.1. The smallest absolute Gasteiger partial charge is 0.267 e. The molecule has 0 radical (unpaired) electrons. The molecule has 8 nitrogen and oxygen atoms in total. The Hall–Kier alpha value is -2.48. The number of carbonyl (C=O) groups is 1. The van der Waals surface area contributed by atoms with Crippen LogP contribution in [0.25, 0.3) is 0 Å². The predicted octanol–water partition coefficient (Wildman–Crippen LogP) is 3.20. The number of hydrogen-bond donors (Lipinski definition) is 3. The number of benzene rings is 1. The fraction of sp³-hybridized carbons (Fsp3) is 0.619. The number of hydrogen-bond acceptors (Lipinski definition) is 6. The van der Waals surface area contributed by atoms with Gasteiger partial charge in [-0.15, -0.1) is 5.10 Å². The van der Waals surface area contributed by atoms with Crippen molar-refractivity contribution in [1.82, 2.24) is 31.1 Å². The van der Waals surface area contributed by atoms with Crippen LogP contribution in [-0.2, 0) is 11.1 Å². The number of nitrogens with zero attached hydrogens (tertiary/aromatic N) is 4. The van der Waals surface area contributed by atoms with Crippen molar-refractivity contribution in [2.45, 2.75) is 70.9 Å². The zero-order valence-corrected chi connectivity index (χ0v) is 18.1. The van der Waals surface area contributed by atoms with E-state index in [1.54, 1.807) is 0 Å². The SMILES string of the molecule is CCC1CCC(NNC(=O)c2ccccc2NC)(c2nnnn2C(C)(C)C)CC1. The van der Waals surface area contributed by atoms with Gasteiger partial charge in [0.2, 0.25) is 0 Å². The number of anilines is 1. The molecule has 1 aromatic carbocycles. The molecule has 0 bridgehead atoms. The Bertz CT molecular complexity index is 832. The minimum Gasteiger partial charge on any atom is -0.387 e. The molecule has 0 atom stereocenters. The van der Waals surface area contributed by atoms with E-state index >= 15 is 0 Å². The first-order valence-corrected chi connectivity index (χ1v) is 10.4. The average molecular weight is 400 g/mol. The van der Waals surface area contributed by atoms with Crippen LogP contribution in [0.15, 0.2) is 24.3 Å². The van der Waals surface area contributed by atoms with Crippen LogP contribution in [0, 0.1) is 5.92 Å². The van der Waals surface area contributed by atoms with Crippen molar-refractivity contribution in [2.24, 2.45) is 5.92 Å². The van der Waals surface area contributed by atoms with Crippen LogP contribution in [0.2, 0.25) is 0 Å². The topological polar surface area (TPSA) is 96.8 Å². The minimum absolute atomic E-state index is 0.179. The highest BCUT2D eigenvalue weighted by atomic mass is 16.2. The van der Waals surface area contributed by atoms with Crippen molar-refractivity contribution in [2.75, 3.05) is 12.4 Å². The highest BCUT2D eigenvalue weighted by Gasteiger charge is 2.43. The fourth-order valence-corrected chi connectivity index (χ4v) is 4.06. The van der Waals surface area contributed by atoms with Crippen molar-refractivity contribution < 1.29 is 4.79 Å². The van der Waals surface area contributed by atoms with Gasteiger partial charge in [0.05, 0.1) is 16.6 Å². The van der Waals surface area contributed by atoms with Gasteiger partial charge in [0.15, 0.2) is 5.82 Å². The van der Waals surface area contributed by atoms with Gasteiger partial charge in [-0.05, 0) is 74.9 Å². The van der Waals surface area contributed by atoms with Crippen LogP contribution in [0.5, 0.6) is 0 Å². The molecule has 2 aromatic rings. The van der Waals surface area contributed by atoms with Crippen molar-refractivity contribution in [3.8, 4) is 0 Å². The summed E-state index contributed by atoms with van der Waals surface area (Å²) in [6.45, 7) is 8.49. The molecule has 1 amide bonds. The fourth-order valence-electron chi connectivity index (χ4n) is 4.06. The molecule has 0 aliphatic heterocycles. The van der Waals surface area contributed by atoms with Crippen LogP contribution < -0.4 is 16.2 Å². The Morgan fingerprint density at radius 3 is 2.55 bits per heavy atom. The van der Waals surface area contributed by atoms with Crippen molar-refractivity contribution in [3.05, 3.63) is 35.7 Å². The third kappa shape index (κ3) is 4.42. The number of aromatic nitrogens is 4. The molecular weight excluding hydrogens is 366 g/mol. The summed E-state index contributed by atoms with van der Waals surface area (Å²) in [6, 6.07) is 7.46. The Labute approximate surface area is 172 Å². The summed E-state index contributed by atoms with van der Waals surface area (Å²) in [5, 5.41) is 15.7. The van der Waals surface area contributed by atoms with Gasteiger partial charge in [-0.25, -0.2) is 10.1 Å². The molecule has 0 saturated heterocycles. The Kier molecular flexibility index (Phi) is 6.21. The molecule has 1 aliphatic rings. The number of carbonyl (C=O) groups excluding carboxylic acids is 1. The predicted molar refractivity (Wildman–Crippen MR) is 113 cm³/mol. The summed E-state index contributed by atoms with van der Waals surface area (Å²) >= 11 is 0. The van der Waals surface area contributed by atoms with Crippen molar-refractivity contribution in [1.29, 1.82) is 0 Å². The Morgan fingerprint density at radius 1 is 1.24 bits per heavy atom. The zero-order chi connectivity index (χ0) is 21.1. The second-order valence-corrected chi connectivity index (χ2v) is 8.89. The molecular formula is C21H33N7O. The van der Waals surface area contributed by atoms with Gasteiger partial charge < -0.3 is 5.32 Å². The molecule has 158 valence electrons. The van der Waals surface area contributed by atoms with Gasteiger partial charge in [0.1, 0.15) is 0 Å². The van der Waals surface area contributed by atoms with E-state index < -0.39 is 5.54 Å². The highest BCUT2D eigenvalue weighted by molar-refractivity contribution is 5.99. The maximum Gasteiger partial charge on any atom is 0.267 e. The summed E-state index contributed by atoms with van der Waals surface area (Å²) in [5.41, 5.74) is 6.93. The van der Waals surface area contributed by atoms with Gasteiger partial charge in [-0.2, -0.15) is 0 Å². The molecule has 3 rings (SSSR count). The quantitative estimate of drug-likeness (QED) is 0.646. The van der Waals surface area contributed by atoms with E-state index in [2.05, 4.69) is 59.4 Å². The summed E-state index contributed by atoms with van der Waals surface area (Å²) < 4.78 is 1.87. The molecule has 3 N–H and O–H groups in total. The number of hydrazine groups is 1. The molecule has 1 aliphatic carbocycles.